The molecule has 0 aromatic carbocycles. The second kappa shape index (κ2) is 7.38. The molecule has 12 nitrogen and oxygen atoms in total. The van der Waals surface area contributed by atoms with Crippen molar-refractivity contribution in [2.24, 2.45) is 7.05 Å². The van der Waals surface area contributed by atoms with Gasteiger partial charge in [-0.05, 0) is 0 Å². The van der Waals surface area contributed by atoms with Crippen LogP contribution in [0.2, 0.25) is 0 Å². The van der Waals surface area contributed by atoms with Crippen LogP contribution in [0.15, 0.2) is 11.1 Å². The number of nitrogens with two attached hydrogens (primary N) is 1. The lowest BCUT2D eigenvalue weighted by Crippen LogP contribution is -2.37. The number of aromatic nitrogens is 4. The first-order valence-electron chi connectivity index (χ1n) is 6.80. The molecule has 2 rings (SSSR count). The van der Waals surface area contributed by atoms with Gasteiger partial charge in [0.25, 0.3) is 11.5 Å². The number of rotatable bonds is 8. The van der Waals surface area contributed by atoms with Crippen LogP contribution in [0, 0.1) is 0 Å². The zero-order valence-corrected chi connectivity index (χ0v) is 14.0. The molecular formula is C11H19N5O7P+. The Kier molecular flexibility index (Phi) is 5.70. The van der Waals surface area contributed by atoms with Crippen molar-refractivity contribution in [3.8, 4) is 0 Å². The fraction of sp³-hybridized carbons (Fsp3) is 0.545. The highest BCUT2D eigenvalue weighted by Gasteiger charge is 2.21. The number of phosphoric ester groups is 1. The van der Waals surface area contributed by atoms with Crippen LogP contribution in [0.3, 0.4) is 0 Å². The van der Waals surface area contributed by atoms with Crippen LogP contribution in [0.5, 0.6) is 0 Å². The molecular weight excluding hydrogens is 345 g/mol. The number of anilines is 1. The summed E-state index contributed by atoms with van der Waals surface area (Å²) in [6.45, 7) is 0.00996. The average molecular weight is 364 g/mol. The van der Waals surface area contributed by atoms with Gasteiger partial charge in [0, 0.05) is 7.11 Å². The van der Waals surface area contributed by atoms with Crippen molar-refractivity contribution in [2.45, 2.75) is 12.8 Å². The van der Waals surface area contributed by atoms with E-state index in [1.54, 1.807) is 22.5 Å². The Morgan fingerprint density at radius 2 is 2.25 bits per heavy atom. The van der Waals surface area contributed by atoms with Gasteiger partial charge in [-0.1, -0.05) is 4.98 Å². The van der Waals surface area contributed by atoms with Gasteiger partial charge in [-0.2, -0.15) is 0 Å². The summed E-state index contributed by atoms with van der Waals surface area (Å²) in [5.74, 6) is -0.00168. The second-order valence-corrected chi connectivity index (χ2v) is 6.10. The maximum absolute atomic E-state index is 11.9. The highest BCUT2D eigenvalue weighted by atomic mass is 31.2. The van der Waals surface area contributed by atoms with Gasteiger partial charge < -0.3 is 25.0 Å². The van der Waals surface area contributed by atoms with Crippen molar-refractivity contribution in [3.63, 3.8) is 0 Å². The number of hydrogen-bond acceptors (Lipinski definition) is 7. The van der Waals surface area contributed by atoms with E-state index in [1.165, 1.54) is 7.11 Å². The minimum Gasteiger partial charge on any atom is -0.355 e. The molecule has 0 aliphatic heterocycles. The number of H-pyrrole nitrogens is 1. The van der Waals surface area contributed by atoms with Crippen LogP contribution in [-0.2, 0) is 32.2 Å². The molecule has 0 amide bonds. The highest BCUT2D eigenvalue weighted by molar-refractivity contribution is 7.46. The Morgan fingerprint density at radius 3 is 2.88 bits per heavy atom. The molecule has 134 valence electrons. The molecule has 0 spiro atoms. The molecule has 1 unspecified atom stereocenters. The predicted octanol–water partition coefficient (Wildman–Crippen LogP) is -1.77. The minimum atomic E-state index is -4.59. The number of methoxy groups -OCH3 is 1. The lowest BCUT2D eigenvalue weighted by molar-refractivity contribution is -0.676. The van der Waals surface area contributed by atoms with Gasteiger partial charge >= 0.3 is 13.5 Å². The third-order valence-corrected chi connectivity index (χ3v) is 3.60. The quantitative estimate of drug-likeness (QED) is 0.241. The summed E-state index contributed by atoms with van der Waals surface area (Å²) in [7, 11) is -1.58. The van der Waals surface area contributed by atoms with E-state index in [-0.39, 0.29) is 18.1 Å². The highest BCUT2D eigenvalue weighted by Crippen LogP contribution is 2.35. The van der Waals surface area contributed by atoms with E-state index in [0.717, 1.165) is 0 Å². The Labute approximate surface area is 136 Å². The van der Waals surface area contributed by atoms with Gasteiger partial charge in [-0.25, -0.2) is 9.13 Å². The Bertz CT molecular complexity index is 813. The number of nitrogens with one attached hydrogen (secondary N) is 1. The topological polar surface area (TPSA) is 166 Å². The number of aryl methyl sites for hydroxylation is 1. The number of fused-ring (bicyclic) bond motifs is 1. The van der Waals surface area contributed by atoms with Crippen molar-refractivity contribution in [2.75, 3.05) is 26.1 Å². The fourth-order valence-electron chi connectivity index (χ4n) is 2.10. The molecule has 0 bridgehead atoms. The molecule has 2 aromatic heterocycles. The lowest BCUT2D eigenvalue weighted by atomic mass is 10.5. The van der Waals surface area contributed by atoms with Gasteiger partial charge in [0.1, 0.15) is 6.61 Å². The van der Waals surface area contributed by atoms with Crippen molar-refractivity contribution in [1.29, 1.82) is 0 Å². The SMILES string of the molecule is COC(COP(=O)(O)O)OCC[n+]1cn(C)c2c(=O)[nH]c(N)nc21. The van der Waals surface area contributed by atoms with Crippen molar-refractivity contribution in [1.82, 2.24) is 14.5 Å². The molecule has 0 aliphatic rings. The predicted molar refractivity (Wildman–Crippen MR) is 80.7 cm³/mol. The normalized spacial score (nSPS) is 13.5. The molecule has 5 N–H and O–H groups in total. The minimum absolute atomic E-state index is 0.00168. The summed E-state index contributed by atoms with van der Waals surface area (Å²) >= 11 is 0. The first-order chi connectivity index (χ1) is 11.2. The van der Waals surface area contributed by atoms with Crippen LogP contribution < -0.4 is 15.9 Å². The maximum Gasteiger partial charge on any atom is 0.469 e. The van der Waals surface area contributed by atoms with Crippen LogP contribution in [0.25, 0.3) is 11.2 Å². The number of nitrogen functional groups attached to an aromatic ring is 1. The van der Waals surface area contributed by atoms with Crippen LogP contribution >= 0.6 is 7.82 Å². The summed E-state index contributed by atoms with van der Waals surface area (Å²) in [6, 6.07) is 0. The molecule has 2 heterocycles. The van der Waals surface area contributed by atoms with Gasteiger partial charge in [-0.15, -0.1) is 0 Å². The summed E-state index contributed by atoms with van der Waals surface area (Å²) in [5, 5.41) is 0. The van der Waals surface area contributed by atoms with Gasteiger partial charge in [0.2, 0.25) is 5.52 Å². The van der Waals surface area contributed by atoms with E-state index in [2.05, 4.69) is 14.5 Å². The molecule has 0 saturated carbocycles. The Morgan fingerprint density at radius 1 is 1.54 bits per heavy atom. The maximum atomic E-state index is 11.9. The third kappa shape index (κ3) is 4.60. The molecule has 13 heteroatoms. The molecule has 0 aliphatic carbocycles. The van der Waals surface area contributed by atoms with Crippen LogP contribution in [0.1, 0.15) is 0 Å². The Balaban J connectivity index is 2.03. The van der Waals surface area contributed by atoms with E-state index in [9.17, 15) is 9.36 Å². The van der Waals surface area contributed by atoms with Crippen molar-refractivity contribution >= 4 is 24.9 Å². The van der Waals surface area contributed by atoms with Crippen molar-refractivity contribution < 1.29 is 32.9 Å². The standard InChI is InChI=1S/C11H18N5O7P/c1-15-6-16(9-8(15)10(17)14-11(12)13-9)3-4-22-7(21-2)5-23-24(18,19)20/h6-7H,3-5H2,1-2H3,(H4-,12,13,14,17,18,19,20)/p+1. The fourth-order valence-corrected chi connectivity index (χ4v) is 2.42. The largest absolute Gasteiger partial charge is 0.469 e. The van der Waals surface area contributed by atoms with Crippen LogP contribution in [-0.4, -0.2) is 50.9 Å². The summed E-state index contributed by atoms with van der Waals surface area (Å²) in [4.78, 5) is 35.7. The summed E-state index contributed by atoms with van der Waals surface area (Å²) < 4.78 is 28.5. The second-order valence-electron chi connectivity index (χ2n) is 4.87. The first kappa shape index (κ1) is 18.5. The van der Waals surface area contributed by atoms with E-state index in [1.807, 2.05) is 0 Å². The average Bonchev–Trinajstić information content (AvgIpc) is 2.78. The van der Waals surface area contributed by atoms with Gasteiger partial charge in [0.15, 0.2) is 12.6 Å². The molecule has 0 fully saturated rings. The molecule has 24 heavy (non-hydrogen) atoms. The number of phosphoric acid groups is 1. The number of nitrogens with zero attached hydrogens (tertiary/aromatic N) is 3. The van der Waals surface area contributed by atoms with Gasteiger partial charge in [0.05, 0.1) is 20.2 Å². The van der Waals surface area contributed by atoms with E-state index in [4.69, 9.17) is 25.0 Å². The van der Waals surface area contributed by atoms with E-state index in [0.29, 0.717) is 17.7 Å². The van der Waals surface area contributed by atoms with Crippen LogP contribution in [0.4, 0.5) is 5.95 Å². The lowest BCUT2D eigenvalue weighted by Gasteiger charge is -2.16. The van der Waals surface area contributed by atoms with Gasteiger partial charge in [-0.3, -0.25) is 18.9 Å². The zero-order chi connectivity index (χ0) is 17.9. The van der Waals surface area contributed by atoms with Crippen molar-refractivity contribution in [3.05, 3.63) is 16.7 Å². The summed E-state index contributed by atoms with van der Waals surface area (Å²) in [6.07, 6.45) is 0.707. The summed E-state index contributed by atoms with van der Waals surface area (Å²) in [5.41, 5.74) is 5.94. The zero-order valence-electron chi connectivity index (χ0n) is 13.1. The molecule has 0 saturated heterocycles. The number of imidazole rings is 1. The monoisotopic (exact) mass is 364 g/mol. The molecule has 2 aromatic rings. The molecule has 1 atom stereocenters. The van der Waals surface area contributed by atoms with E-state index < -0.39 is 20.7 Å². The Hall–Kier alpha value is -1.82. The molecule has 0 radical (unpaired) electrons. The number of aromatic amines is 1. The number of hydrogen-bond donors (Lipinski definition) is 4. The third-order valence-electron chi connectivity index (χ3n) is 3.11. The van der Waals surface area contributed by atoms with E-state index >= 15 is 0 Å². The number of ether oxygens (including phenoxy) is 2. The first-order valence-corrected chi connectivity index (χ1v) is 8.33. The smallest absolute Gasteiger partial charge is 0.355 e.